The molecule has 0 heterocycles. The Morgan fingerprint density at radius 3 is 2.05 bits per heavy atom. The average molecular weight is 606 g/mol. The highest BCUT2D eigenvalue weighted by Gasteiger charge is 2.33. The second kappa shape index (κ2) is 14.6. The van der Waals surface area contributed by atoms with Crippen LogP contribution in [-0.4, -0.2) is 50.4 Å². The molecule has 0 bridgehead atoms. The summed E-state index contributed by atoms with van der Waals surface area (Å²) in [5.74, 6) is -0.114. The molecular formula is C34H43N3O5S. The van der Waals surface area contributed by atoms with Gasteiger partial charge in [-0.1, -0.05) is 66.8 Å². The highest BCUT2D eigenvalue weighted by molar-refractivity contribution is 7.92. The van der Waals surface area contributed by atoms with Gasteiger partial charge >= 0.3 is 0 Å². The van der Waals surface area contributed by atoms with Crippen molar-refractivity contribution in [2.24, 2.45) is 0 Å². The van der Waals surface area contributed by atoms with E-state index in [0.717, 1.165) is 53.1 Å². The van der Waals surface area contributed by atoms with Crippen molar-refractivity contribution in [3.05, 3.63) is 89.5 Å². The summed E-state index contributed by atoms with van der Waals surface area (Å²) in [5, 5.41) is 3.13. The van der Waals surface area contributed by atoms with Gasteiger partial charge in [0.1, 0.15) is 18.3 Å². The van der Waals surface area contributed by atoms with E-state index in [2.05, 4.69) is 5.32 Å². The van der Waals surface area contributed by atoms with Crippen molar-refractivity contribution in [3.8, 4) is 5.75 Å². The Kier molecular flexibility index (Phi) is 10.9. The summed E-state index contributed by atoms with van der Waals surface area (Å²) in [5.41, 5.74) is 3.18. The van der Waals surface area contributed by atoms with Crippen LogP contribution in [-0.2, 0) is 26.2 Å². The summed E-state index contributed by atoms with van der Waals surface area (Å²) in [6, 6.07) is 20.2. The van der Waals surface area contributed by atoms with Crippen molar-refractivity contribution in [3.63, 3.8) is 0 Å². The predicted octanol–water partition coefficient (Wildman–Crippen LogP) is 5.76. The SMILES string of the molecule is CCOc1ccc(N(CC(=O)N(Cc2ccc(C)cc2)[C@@H](C)C(=O)NC2CCCCC2)S(=O)(=O)c2ccc(C)cc2)cc1. The molecule has 1 saturated carbocycles. The van der Waals surface area contributed by atoms with E-state index in [-0.39, 0.29) is 23.4 Å². The Morgan fingerprint density at radius 1 is 0.884 bits per heavy atom. The number of benzene rings is 3. The average Bonchev–Trinajstić information content (AvgIpc) is 3.00. The second-order valence-electron chi connectivity index (χ2n) is 11.3. The molecule has 0 saturated heterocycles. The first-order valence-corrected chi connectivity index (χ1v) is 16.5. The van der Waals surface area contributed by atoms with Gasteiger partial charge in [0.15, 0.2) is 0 Å². The van der Waals surface area contributed by atoms with Crippen LogP contribution in [0.25, 0.3) is 0 Å². The number of ether oxygens (including phenoxy) is 1. The number of hydrogen-bond donors (Lipinski definition) is 1. The summed E-state index contributed by atoms with van der Waals surface area (Å²) in [6.45, 7) is 7.61. The zero-order chi connectivity index (χ0) is 31.0. The van der Waals surface area contributed by atoms with Crippen molar-refractivity contribution in [2.45, 2.75) is 83.3 Å². The summed E-state index contributed by atoms with van der Waals surface area (Å²) >= 11 is 0. The van der Waals surface area contributed by atoms with Crippen molar-refractivity contribution < 1.29 is 22.7 Å². The molecule has 0 spiro atoms. The lowest BCUT2D eigenvalue weighted by molar-refractivity contribution is -0.139. The van der Waals surface area contributed by atoms with Gasteiger partial charge in [0.2, 0.25) is 11.8 Å². The third kappa shape index (κ3) is 8.38. The third-order valence-corrected chi connectivity index (χ3v) is 9.70. The minimum Gasteiger partial charge on any atom is -0.494 e. The van der Waals surface area contributed by atoms with Crippen molar-refractivity contribution >= 4 is 27.5 Å². The Bertz CT molecular complexity index is 1470. The highest BCUT2D eigenvalue weighted by Crippen LogP contribution is 2.27. The summed E-state index contributed by atoms with van der Waals surface area (Å²) in [6.07, 6.45) is 5.14. The Labute approximate surface area is 256 Å². The van der Waals surface area contributed by atoms with E-state index in [9.17, 15) is 18.0 Å². The lowest BCUT2D eigenvalue weighted by Gasteiger charge is -2.33. The molecule has 1 fully saturated rings. The monoisotopic (exact) mass is 605 g/mol. The number of amides is 2. The van der Waals surface area contributed by atoms with Gasteiger partial charge < -0.3 is 15.0 Å². The molecule has 1 aliphatic carbocycles. The van der Waals surface area contributed by atoms with Crippen molar-refractivity contribution in [1.29, 1.82) is 0 Å². The molecule has 43 heavy (non-hydrogen) atoms. The molecule has 1 aliphatic rings. The highest BCUT2D eigenvalue weighted by atomic mass is 32.2. The molecule has 230 valence electrons. The molecule has 9 heteroatoms. The number of nitrogens with one attached hydrogen (secondary N) is 1. The molecule has 8 nitrogen and oxygen atoms in total. The number of aryl methyl sites for hydroxylation is 2. The maximum absolute atomic E-state index is 14.2. The van der Waals surface area contributed by atoms with E-state index < -0.39 is 28.5 Å². The van der Waals surface area contributed by atoms with Crippen LogP contribution in [0.4, 0.5) is 5.69 Å². The maximum atomic E-state index is 14.2. The molecule has 0 aromatic heterocycles. The van der Waals surface area contributed by atoms with Crippen LogP contribution >= 0.6 is 0 Å². The van der Waals surface area contributed by atoms with Crippen molar-refractivity contribution in [1.82, 2.24) is 10.2 Å². The number of hydrogen-bond acceptors (Lipinski definition) is 5. The van der Waals surface area contributed by atoms with Gasteiger partial charge in [0, 0.05) is 12.6 Å². The van der Waals surface area contributed by atoms with Gasteiger partial charge in [-0.2, -0.15) is 0 Å². The zero-order valence-corrected chi connectivity index (χ0v) is 26.4. The lowest BCUT2D eigenvalue weighted by Crippen LogP contribution is -2.53. The number of anilines is 1. The minimum absolute atomic E-state index is 0.0768. The molecule has 0 radical (unpaired) electrons. The molecule has 1 N–H and O–H groups in total. The number of sulfonamides is 1. The summed E-state index contributed by atoms with van der Waals surface area (Å²) < 4.78 is 34.7. The largest absolute Gasteiger partial charge is 0.494 e. The van der Waals surface area contributed by atoms with E-state index >= 15 is 0 Å². The van der Waals surface area contributed by atoms with Gasteiger partial charge in [-0.05, 0) is 82.5 Å². The number of carbonyl (C=O) groups is 2. The van der Waals surface area contributed by atoms with Gasteiger partial charge in [-0.3, -0.25) is 13.9 Å². The van der Waals surface area contributed by atoms with Crippen LogP contribution < -0.4 is 14.4 Å². The van der Waals surface area contributed by atoms with Crippen molar-refractivity contribution in [2.75, 3.05) is 17.5 Å². The summed E-state index contributed by atoms with van der Waals surface area (Å²) in [4.78, 5) is 29.2. The van der Waals surface area contributed by atoms with Crippen LogP contribution in [0.15, 0.2) is 77.7 Å². The lowest BCUT2D eigenvalue weighted by atomic mass is 9.95. The second-order valence-corrected chi connectivity index (χ2v) is 13.1. The third-order valence-electron chi connectivity index (χ3n) is 7.92. The predicted molar refractivity (Wildman–Crippen MR) is 170 cm³/mol. The molecule has 1 atom stereocenters. The molecule has 0 unspecified atom stereocenters. The van der Waals surface area contributed by atoms with Crippen LogP contribution in [0.5, 0.6) is 5.75 Å². The first-order valence-electron chi connectivity index (χ1n) is 15.1. The number of carbonyl (C=O) groups excluding carboxylic acids is 2. The quantitative estimate of drug-likeness (QED) is 0.283. The van der Waals surface area contributed by atoms with E-state index in [1.54, 1.807) is 55.5 Å². The van der Waals surface area contributed by atoms with E-state index in [0.29, 0.717) is 18.0 Å². The first-order chi connectivity index (χ1) is 20.6. The molecule has 3 aromatic carbocycles. The van der Waals surface area contributed by atoms with Crippen LogP contribution in [0.2, 0.25) is 0 Å². The van der Waals surface area contributed by atoms with Crippen LogP contribution in [0.1, 0.15) is 62.6 Å². The molecule has 2 amide bonds. The molecule has 4 rings (SSSR count). The van der Waals surface area contributed by atoms with Gasteiger partial charge in [0.05, 0.1) is 17.2 Å². The summed E-state index contributed by atoms with van der Waals surface area (Å²) in [7, 11) is -4.13. The van der Waals surface area contributed by atoms with Crippen LogP contribution in [0.3, 0.4) is 0 Å². The van der Waals surface area contributed by atoms with E-state index in [4.69, 9.17) is 4.74 Å². The van der Waals surface area contributed by atoms with Gasteiger partial charge in [0.25, 0.3) is 10.0 Å². The molecule has 0 aliphatic heterocycles. The molecule has 3 aromatic rings. The number of nitrogens with zero attached hydrogens (tertiary/aromatic N) is 2. The fraction of sp³-hybridized carbons (Fsp3) is 0.412. The molecular weight excluding hydrogens is 562 g/mol. The Balaban J connectivity index is 1.67. The Morgan fingerprint density at radius 2 is 1.47 bits per heavy atom. The van der Waals surface area contributed by atoms with Crippen LogP contribution in [0, 0.1) is 13.8 Å². The number of rotatable bonds is 12. The zero-order valence-electron chi connectivity index (χ0n) is 25.6. The topological polar surface area (TPSA) is 96.0 Å². The van der Waals surface area contributed by atoms with E-state index in [1.165, 1.54) is 4.90 Å². The Hall–Kier alpha value is -3.85. The first kappa shape index (κ1) is 32.1. The minimum atomic E-state index is -4.13. The fourth-order valence-corrected chi connectivity index (χ4v) is 6.70. The smallest absolute Gasteiger partial charge is 0.264 e. The van der Waals surface area contributed by atoms with Gasteiger partial charge in [-0.25, -0.2) is 8.42 Å². The van der Waals surface area contributed by atoms with Gasteiger partial charge in [-0.15, -0.1) is 0 Å². The van der Waals surface area contributed by atoms with E-state index in [1.807, 2.05) is 45.0 Å². The normalized spacial score (nSPS) is 14.5. The fourth-order valence-electron chi connectivity index (χ4n) is 5.28. The standard InChI is InChI=1S/C34H43N3O5S/c1-5-42-31-19-17-30(18-20-31)37(43(40,41)32-21-13-26(3)14-22-32)24-33(38)36(23-28-15-11-25(2)12-16-28)27(4)34(39)35-29-9-7-6-8-10-29/h11-22,27,29H,5-10,23-24H2,1-4H3,(H,35,39)/t27-/m0/s1. The maximum Gasteiger partial charge on any atom is 0.264 e.